The zero-order valence-corrected chi connectivity index (χ0v) is 13.6. The first-order valence-electron chi connectivity index (χ1n) is 7.68. The molecular formula is C17H19N3O4. The molecule has 0 saturated carbocycles. The summed E-state index contributed by atoms with van der Waals surface area (Å²) >= 11 is 0. The molecule has 2 rings (SSSR count). The predicted molar refractivity (Wildman–Crippen MR) is 88.6 cm³/mol. The molecule has 0 aliphatic rings. The van der Waals surface area contributed by atoms with Gasteiger partial charge in [-0.25, -0.2) is 0 Å². The Labute approximate surface area is 140 Å². The molecule has 1 aromatic carbocycles. The van der Waals surface area contributed by atoms with Crippen molar-refractivity contribution in [1.82, 2.24) is 9.88 Å². The van der Waals surface area contributed by atoms with Crippen molar-refractivity contribution < 1.29 is 14.5 Å². The second kappa shape index (κ2) is 8.05. The van der Waals surface area contributed by atoms with Gasteiger partial charge in [-0.3, -0.25) is 4.79 Å². The number of nitrogens with zero attached hydrogens (tertiary/aromatic N) is 3. The van der Waals surface area contributed by atoms with Crippen LogP contribution >= 0.6 is 0 Å². The normalized spacial score (nSPS) is 11.6. The third-order valence-electron chi connectivity index (χ3n) is 3.57. The van der Waals surface area contributed by atoms with E-state index >= 15 is 0 Å². The van der Waals surface area contributed by atoms with Crippen LogP contribution in [-0.4, -0.2) is 33.8 Å². The standard InChI is InChI=1S/C17H19N3O4/c1-3-19(4-2)17(21)15(13-9-6-5-7-10-13)24-14-11-8-12-18-16(14)20(22)23/h5-12,15H,3-4H2,1-2H3/t15-/m0/s1. The number of aromatic nitrogens is 1. The number of rotatable bonds is 7. The van der Waals surface area contributed by atoms with Crippen LogP contribution in [0.1, 0.15) is 25.5 Å². The van der Waals surface area contributed by atoms with Crippen LogP contribution in [0.3, 0.4) is 0 Å². The van der Waals surface area contributed by atoms with Crippen LogP contribution in [0.2, 0.25) is 0 Å². The summed E-state index contributed by atoms with van der Waals surface area (Å²) in [6.45, 7) is 4.79. The van der Waals surface area contributed by atoms with Gasteiger partial charge >= 0.3 is 5.82 Å². The molecule has 0 aliphatic heterocycles. The quantitative estimate of drug-likeness (QED) is 0.576. The second-order valence-corrected chi connectivity index (χ2v) is 5.00. The summed E-state index contributed by atoms with van der Waals surface area (Å²) in [4.78, 5) is 28.6. The number of pyridine rings is 1. The van der Waals surface area contributed by atoms with Crippen molar-refractivity contribution in [3.05, 3.63) is 64.3 Å². The van der Waals surface area contributed by atoms with E-state index in [0.29, 0.717) is 18.7 Å². The molecule has 0 N–H and O–H groups in total. The van der Waals surface area contributed by atoms with E-state index in [1.54, 1.807) is 29.2 Å². The van der Waals surface area contributed by atoms with Crippen LogP contribution < -0.4 is 4.74 Å². The summed E-state index contributed by atoms with van der Waals surface area (Å²) in [6, 6.07) is 11.9. The van der Waals surface area contributed by atoms with Gasteiger partial charge in [-0.05, 0) is 35.9 Å². The smallest absolute Gasteiger partial charge is 0.406 e. The maximum absolute atomic E-state index is 12.8. The highest BCUT2D eigenvalue weighted by molar-refractivity contribution is 5.82. The second-order valence-electron chi connectivity index (χ2n) is 5.00. The Hall–Kier alpha value is -2.96. The highest BCUT2D eigenvalue weighted by Crippen LogP contribution is 2.29. The summed E-state index contributed by atoms with van der Waals surface area (Å²) in [6.07, 6.45) is 0.350. The number of carbonyl (C=O) groups is 1. The van der Waals surface area contributed by atoms with E-state index in [0.717, 1.165) is 0 Å². The minimum absolute atomic E-state index is 0.0307. The zero-order chi connectivity index (χ0) is 17.5. The molecule has 0 aliphatic carbocycles. The highest BCUT2D eigenvalue weighted by atomic mass is 16.6. The SMILES string of the molecule is CCN(CC)C(=O)[C@@H](Oc1cccnc1[N+](=O)[O-])c1ccccc1. The van der Waals surface area contributed by atoms with E-state index in [2.05, 4.69) is 4.98 Å². The largest absolute Gasteiger partial charge is 0.467 e. The molecule has 0 fully saturated rings. The Kier molecular flexibility index (Phi) is 5.83. The van der Waals surface area contributed by atoms with Crippen LogP contribution in [0.4, 0.5) is 5.82 Å². The fourth-order valence-electron chi connectivity index (χ4n) is 2.33. The molecule has 0 spiro atoms. The van der Waals surface area contributed by atoms with Crippen molar-refractivity contribution in [2.45, 2.75) is 20.0 Å². The summed E-state index contributed by atoms with van der Waals surface area (Å²) < 4.78 is 5.74. The van der Waals surface area contributed by atoms with Crippen molar-refractivity contribution in [1.29, 1.82) is 0 Å². The first-order chi connectivity index (χ1) is 11.6. The fourth-order valence-corrected chi connectivity index (χ4v) is 2.33. The first-order valence-corrected chi connectivity index (χ1v) is 7.68. The van der Waals surface area contributed by atoms with Gasteiger partial charge in [-0.15, -0.1) is 0 Å². The van der Waals surface area contributed by atoms with Crippen LogP contribution in [0.15, 0.2) is 48.7 Å². The van der Waals surface area contributed by atoms with E-state index < -0.39 is 16.8 Å². The monoisotopic (exact) mass is 329 g/mol. The number of carbonyl (C=O) groups excluding carboxylic acids is 1. The Bertz CT molecular complexity index is 702. The summed E-state index contributed by atoms with van der Waals surface area (Å²) in [5.41, 5.74) is 0.632. The number of likely N-dealkylation sites (N-methyl/N-ethyl adjacent to an activating group) is 1. The van der Waals surface area contributed by atoms with Gasteiger partial charge in [0.05, 0.1) is 0 Å². The average molecular weight is 329 g/mol. The molecule has 2 aromatic rings. The summed E-state index contributed by atoms with van der Waals surface area (Å²) in [7, 11) is 0. The highest BCUT2D eigenvalue weighted by Gasteiger charge is 2.29. The van der Waals surface area contributed by atoms with E-state index in [9.17, 15) is 14.9 Å². The van der Waals surface area contributed by atoms with Gasteiger partial charge < -0.3 is 19.8 Å². The van der Waals surface area contributed by atoms with Gasteiger partial charge in [0.2, 0.25) is 11.9 Å². The fraction of sp³-hybridized carbons (Fsp3) is 0.294. The molecule has 1 heterocycles. The molecule has 7 heteroatoms. The molecule has 1 amide bonds. The summed E-state index contributed by atoms with van der Waals surface area (Å²) in [5.74, 6) is -0.688. The lowest BCUT2D eigenvalue weighted by atomic mass is 10.1. The Morgan fingerprint density at radius 2 is 1.88 bits per heavy atom. The Morgan fingerprint density at radius 1 is 1.21 bits per heavy atom. The lowest BCUT2D eigenvalue weighted by molar-refractivity contribution is -0.390. The first kappa shape index (κ1) is 17.4. The van der Waals surface area contributed by atoms with Crippen molar-refractivity contribution in [2.24, 2.45) is 0 Å². The van der Waals surface area contributed by atoms with Crippen molar-refractivity contribution in [2.75, 3.05) is 13.1 Å². The number of nitro groups is 1. The number of hydrogen-bond acceptors (Lipinski definition) is 5. The molecule has 1 atom stereocenters. The third kappa shape index (κ3) is 3.87. The van der Waals surface area contributed by atoms with E-state index in [-0.39, 0.29) is 11.7 Å². The van der Waals surface area contributed by atoms with Gasteiger partial charge in [0.1, 0.15) is 6.20 Å². The van der Waals surface area contributed by atoms with Gasteiger partial charge in [0, 0.05) is 18.7 Å². The van der Waals surface area contributed by atoms with Crippen LogP contribution in [0.5, 0.6) is 5.75 Å². The maximum atomic E-state index is 12.8. The zero-order valence-electron chi connectivity index (χ0n) is 13.6. The number of hydrogen-bond donors (Lipinski definition) is 0. The molecular weight excluding hydrogens is 310 g/mol. The lowest BCUT2D eigenvalue weighted by Crippen LogP contribution is -2.37. The molecule has 0 radical (unpaired) electrons. The number of benzene rings is 1. The third-order valence-corrected chi connectivity index (χ3v) is 3.57. The molecule has 24 heavy (non-hydrogen) atoms. The minimum Gasteiger partial charge on any atom is -0.467 e. The van der Waals surface area contributed by atoms with Gasteiger partial charge in [-0.1, -0.05) is 30.3 Å². The topological polar surface area (TPSA) is 85.6 Å². The van der Waals surface area contributed by atoms with Gasteiger partial charge in [0.15, 0.2) is 0 Å². The predicted octanol–water partition coefficient (Wildman–Crippen LogP) is 2.98. The lowest BCUT2D eigenvalue weighted by Gasteiger charge is -2.25. The number of ether oxygens (including phenoxy) is 1. The molecule has 7 nitrogen and oxygen atoms in total. The maximum Gasteiger partial charge on any atom is 0.406 e. The van der Waals surface area contributed by atoms with Gasteiger partial charge in [-0.2, -0.15) is 0 Å². The Balaban J connectivity index is 2.41. The van der Waals surface area contributed by atoms with Gasteiger partial charge in [0.25, 0.3) is 5.91 Å². The van der Waals surface area contributed by atoms with E-state index in [1.165, 1.54) is 18.3 Å². The van der Waals surface area contributed by atoms with Crippen LogP contribution in [-0.2, 0) is 4.79 Å². The Morgan fingerprint density at radius 3 is 2.46 bits per heavy atom. The molecule has 0 saturated heterocycles. The van der Waals surface area contributed by atoms with Crippen molar-refractivity contribution in [3.63, 3.8) is 0 Å². The summed E-state index contributed by atoms with van der Waals surface area (Å²) in [5, 5.41) is 11.1. The van der Waals surface area contributed by atoms with Crippen LogP contribution in [0, 0.1) is 10.1 Å². The minimum atomic E-state index is -0.964. The molecule has 126 valence electrons. The number of amides is 1. The van der Waals surface area contributed by atoms with E-state index in [4.69, 9.17) is 4.74 Å². The molecule has 1 aromatic heterocycles. The average Bonchev–Trinajstić information content (AvgIpc) is 2.61. The van der Waals surface area contributed by atoms with Crippen LogP contribution in [0.25, 0.3) is 0 Å². The molecule has 0 bridgehead atoms. The molecule has 0 unspecified atom stereocenters. The van der Waals surface area contributed by atoms with Crippen molar-refractivity contribution >= 4 is 11.7 Å². The van der Waals surface area contributed by atoms with Crippen molar-refractivity contribution in [3.8, 4) is 5.75 Å². The van der Waals surface area contributed by atoms with E-state index in [1.807, 2.05) is 19.9 Å².